The number of hydrogen-bond donors (Lipinski definition) is 2. The van der Waals surface area contributed by atoms with E-state index in [1.54, 1.807) is 0 Å². The molecule has 106 valence electrons. The van der Waals surface area contributed by atoms with E-state index < -0.39 is 11.7 Å². The number of rotatable bonds is 4. The van der Waals surface area contributed by atoms with Gasteiger partial charge in [-0.25, -0.2) is 4.98 Å². The second-order valence-electron chi connectivity index (χ2n) is 5.54. The first-order valence-corrected chi connectivity index (χ1v) is 6.32. The number of hydrogen-bond acceptors (Lipinski definition) is 3. The number of nitrogens with zero attached hydrogens (tertiary/aromatic N) is 1. The molecular formula is C13H18F3N3. The molecule has 0 spiro atoms. The van der Waals surface area contributed by atoms with E-state index in [4.69, 9.17) is 0 Å². The van der Waals surface area contributed by atoms with Crippen LogP contribution in [0.15, 0.2) is 12.1 Å². The molecule has 1 fully saturated rings. The number of alkyl halides is 3. The van der Waals surface area contributed by atoms with Crippen molar-refractivity contribution in [1.29, 1.82) is 0 Å². The third-order valence-corrected chi connectivity index (χ3v) is 3.35. The lowest BCUT2D eigenvalue weighted by atomic mass is 10.2. The minimum absolute atomic E-state index is 0.133. The van der Waals surface area contributed by atoms with Crippen molar-refractivity contribution >= 4 is 11.6 Å². The Bertz CT molecular complexity index is 469. The van der Waals surface area contributed by atoms with Gasteiger partial charge in [-0.15, -0.1) is 0 Å². The molecule has 0 saturated heterocycles. The molecule has 2 N–H and O–H groups in total. The molecule has 0 amide bonds. The molecule has 1 unspecified atom stereocenters. The Morgan fingerprint density at radius 3 is 2.37 bits per heavy atom. The number of pyridine rings is 1. The van der Waals surface area contributed by atoms with Gasteiger partial charge in [0, 0.05) is 12.6 Å². The van der Waals surface area contributed by atoms with Crippen molar-refractivity contribution in [3.63, 3.8) is 0 Å². The van der Waals surface area contributed by atoms with Gasteiger partial charge in [0.05, 0.1) is 5.56 Å². The van der Waals surface area contributed by atoms with Crippen molar-refractivity contribution in [2.75, 3.05) is 17.2 Å². The summed E-state index contributed by atoms with van der Waals surface area (Å²) in [6.45, 7) is 6.49. The van der Waals surface area contributed by atoms with Crippen molar-refractivity contribution in [2.45, 2.75) is 39.4 Å². The van der Waals surface area contributed by atoms with E-state index in [1.807, 2.05) is 6.92 Å². The minimum atomic E-state index is -4.36. The summed E-state index contributed by atoms with van der Waals surface area (Å²) in [5.41, 5.74) is -0.548. The molecular weight excluding hydrogens is 255 g/mol. The van der Waals surface area contributed by atoms with Crippen LogP contribution in [0.25, 0.3) is 0 Å². The fourth-order valence-electron chi connectivity index (χ4n) is 1.93. The average Bonchev–Trinajstić information content (AvgIpc) is 2.84. The summed E-state index contributed by atoms with van der Waals surface area (Å²) in [6, 6.07) is 2.29. The zero-order chi connectivity index (χ0) is 14.3. The molecule has 0 bridgehead atoms. The van der Waals surface area contributed by atoms with Crippen LogP contribution in [0.3, 0.4) is 0 Å². The van der Waals surface area contributed by atoms with Crippen molar-refractivity contribution in [2.24, 2.45) is 5.41 Å². The summed E-state index contributed by atoms with van der Waals surface area (Å²) in [4.78, 5) is 4.16. The average molecular weight is 273 g/mol. The van der Waals surface area contributed by atoms with Crippen LogP contribution in [0.4, 0.5) is 24.8 Å². The van der Waals surface area contributed by atoms with Gasteiger partial charge in [0.1, 0.15) is 11.6 Å². The first-order valence-electron chi connectivity index (χ1n) is 6.32. The van der Waals surface area contributed by atoms with Crippen LogP contribution < -0.4 is 10.6 Å². The molecule has 6 heteroatoms. The Morgan fingerprint density at radius 2 is 1.89 bits per heavy atom. The fraction of sp³-hybridized carbons (Fsp3) is 0.615. The van der Waals surface area contributed by atoms with E-state index >= 15 is 0 Å². The van der Waals surface area contributed by atoms with Crippen molar-refractivity contribution in [3.05, 3.63) is 17.7 Å². The zero-order valence-electron chi connectivity index (χ0n) is 11.2. The normalized spacial score (nSPS) is 21.1. The Kier molecular flexibility index (Phi) is 3.36. The van der Waals surface area contributed by atoms with Gasteiger partial charge in [0.2, 0.25) is 0 Å². The maximum atomic E-state index is 12.8. The molecule has 1 saturated carbocycles. The van der Waals surface area contributed by atoms with Crippen LogP contribution in [0.1, 0.15) is 32.8 Å². The maximum absolute atomic E-state index is 12.8. The standard InChI is InChI=1S/C13H18F3N3/c1-4-17-10-5-8(13(14,15)16)6-11(19-10)18-9-7-12(9,2)3/h5-6,9H,4,7H2,1-3H3,(H2,17,18,19). The maximum Gasteiger partial charge on any atom is 0.416 e. The van der Waals surface area contributed by atoms with Gasteiger partial charge in [-0.05, 0) is 30.9 Å². The van der Waals surface area contributed by atoms with Crippen molar-refractivity contribution in [3.8, 4) is 0 Å². The molecule has 0 aromatic carbocycles. The van der Waals surface area contributed by atoms with Crippen LogP contribution in [-0.4, -0.2) is 17.6 Å². The lowest BCUT2D eigenvalue weighted by Crippen LogP contribution is -2.13. The van der Waals surface area contributed by atoms with E-state index in [-0.39, 0.29) is 23.1 Å². The van der Waals surface area contributed by atoms with Crippen LogP contribution in [0.5, 0.6) is 0 Å². The van der Waals surface area contributed by atoms with Gasteiger partial charge < -0.3 is 10.6 Å². The zero-order valence-corrected chi connectivity index (χ0v) is 11.2. The molecule has 1 atom stereocenters. The van der Waals surface area contributed by atoms with Crippen LogP contribution >= 0.6 is 0 Å². The molecule has 2 rings (SSSR count). The number of nitrogens with one attached hydrogen (secondary N) is 2. The lowest BCUT2D eigenvalue weighted by Gasteiger charge is -2.14. The van der Waals surface area contributed by atoms with E-state index in [0.717, 1.165) is 18.6 Å². The molecule has 1 aliphatic rings. The summed E-state index contributed by atoms with van der Waals surface area (Å²) in [5, 5.41) is 5.89. The van der Waals surface area contributed by atoms with Gasteiger partial charge in [0.15, 0.2) is 0 Å². The number of anilines is 2. The summed E-state index contributed by atoms with van der Waals surface area (Å²) in [7, 11) is 0. The highest BCUT2D eigenvalue weighted by molar-refractivity contribution is 5.51. The van der Waals surface area contributed by atoms with Gasteiger partial charge >= 0.3 is 6.18 Å². The van der Waals surface area contributed by atoms with Crippen molar-refractivity contribution < 1.29 is 13.2 Å². The van der Waals surface area contributed by atoms with Gasteiger partial charge in [-0.3, -0.25) is 0 Å². The first kappa shape index (κ1) is 14.0. The predicted molar refractivity (Wildman–Crippen MR) is 69.2 cm³/mol. The quantitative estimate of drug-likeness (QED) is 0.877. The topological polar surface area (TPSA) is 37.0 Å². The third kappa shape index (κ3) is 3.30. The number of aromatic nitrogens is 1. The monoisotopic (exact) mass is 273 g/mol. The molecule has 0 radical (unpaired) electrons. The van der Waals surface area contributed by atoms with E-state index in [0.29, 0.717) is 6.54 Å². The molecule has 0 aliphatic heterocycles. The largest absolute Gasteiger partial charge is 0.416 e. The second kappa shape index (κ2) is 4.58. The SMILES string of the molecule is CCNc1cc(C(F)(F)F)cc(NC2CC2(C)C)n1. The highest BCUT2D eigenvalue weighted by atomic mass is 19.4. The van der Waals surface area contributed by atoms with E-state index in [9.17, 15) is 13.2 Å². The van der Waals surface area contributed by atoms with Crippen LogP contribution in [-0.2, 0) is 6.18 Å². The second-order valence-corrected chi connectivity index (χ2v) is 5.54. The first-order chi connectivity index (χ1) is 8.72. The summed E-state index contributed by atoms with van der Waals surface area (Å²) in [5.74, 6) is 0.527. The highest BCUT2D eigenvalue weighted by Crippen LogP contribution is 2.46. The number of halogens is 3. The molecule has 19 heavy (non-hydrogen) atoms. The molecule has 1 aromatic heterocycles. The van der Waals surface area contributed by atoms with Gasteiger partial charge in [-0.1, -0.05) is 13.8 Å². The van der Waals surface area contributed by atoms with Crippen molar-refractivity contribution in [1.82, 2.24) is 4.98 Å². The Labute approximate surface area is 110 Å². The Hall–Kier alpha value is -1.46. The lowest BCUT2D eigenvalue weighted by molar-refractivity contribution is -0.137. The minimum Gasteiger partial charge on any atom is -0.370 e. The summed E-state index contributed by atoms with van der Waals surface area (Å²) in [6.07, 6.45) is -3.41. The fourth-order valence-corrected chi connectivity index (χ4v) is 1.93. The molecule has 1 aromatic rings. The van der Waals surface area contributed by atoms with E-state index in [2.05, 4.69) is 29.5 Å². The third-order valence-electron chi connectivity index (χ3n) is 3.35. The predicted octanol–water partition coefficient (Wildman–Crippen LogP) is 3.74. The van der Waals surface area contributed by atoms with Crippen LogP contribution in [0, 0.1) is 5.41 Å². The molecule has 1 aliphatic carbocycles. The summed E-state index contributed by atoms with van der Waals surface area (Å²) >= 11 is 0. The molecule has 3 nitrogen and oxygen atoms in total. The highest BCUT2D eigenvalue weighted by Gasteiger charge is 2.46. The van der Waals surface area contributed by atoms with Gasteiger partial charge in [-0.2, -0.15) is 13.2 Å². The van der Waals surface area contributed by atoms with E-state index in [1.165, 1.54) is 0 Å². The Balaban J connectivity index is 2.24. The van der Waals surface area contributed by atoms with Gasteiger partial charge in [0.25, 0.3) is 0 Å². The molecule has 1 heterocycles. The summed E-state index contributed by atoms with van der Waals surface area (Å²) < 4.78 is 38.4. The Morgan fingerprint density at radius 1 is 1.32 bits per heavy atom. The van der Waals surface area contributed by atoms with Crippen LogP contribution in [0.2, 0.25) is 0 Å². The smallest absolute Gasteiger partial charge is 0.370 e.